The topological polar surface area (TPSA) is 43.1 Å². The monoisotopic (exact) mass is 227 g/mol. The second-order valence-corrected chi connectivity index (χ2v) is 4.77. The summed E-state index contributed by atoms with van der Waals surface area (Å²) in [5.41, 5.74) is 5.30. The molecule has 96 valence electrons. The highest BCUT2D eigenvalue weighted by molar-refractivity contribution is 5.76. The zero-order valence-corrected chi connectivity index (χ0v) is 11.1. The van der Waals surface area contributed by atoms with E-state index in [0.717, 1.165) is 19.3 Å². The first-order valence-electron chi connectivity index (χ1n) is 7.01. The van der Waals surface area contributed by atoms with Gasteiger partial charge >= 0.3 is 0 Å². The van der Waals surface area contributed by atoms with Gasteiger partial charge in [0.25, 0.3) is 0 Å². The second-order valence-electron chi connectivity index (χ2n) is 4.77. The molecule has 0 spiro atoms. The molecule has 0 aromatic rings. The van der Waals surface area contributed by atoms with Gasteiger partial charge in [-0.15, -0.1) is 0 Å². The van der Waals surface area contributed by atoms with Crippen molar-refractivity contribution in [1.29, 1.82) is 0 Å². The molecule has 0 rings (SSSR count). The van der Waals surface area contributed by atoms with Crippen molar-refractivity contribution in [2.24, 2.45) is 11.7 Å². The molecule has 0 saturated carbocycles. The van der Waals surface area contributed by atoms with Crippen molar-refractivity contribution in [3.63, 3.8) is 0 Å². The van der Waals surface area contributed by atoms with Crippen molar-refractivity contribution in [2.75, 3.05) is 0 Å². The summed E-state index contributed by atoms with van der Waals surface area (Å²) in [5, 5.41) is 0. The molecule has 1 atom stereocenters. The van der Waals surface area contributed by atoms with Crippen LogP contribution in [0.25, 0.3) is 0 Å². The summed E-state index contributed by atoms with van der Waals surface area (Å²) in [6, 6.07) is 0. The zero-order valence-electron chi connectivity index (χ0n) is 11.1. The van der Waals surface area contributed by atoms with Crippen LogP contribution in [0.2, 0.25) is 0 Å². The van der Waals surface area contributed by atoms with Crippen LogP contribution in [0.1, 0.15) is 78.1 Å². The third kappa shape index (κ3) is 8.75. The summed E-state index contributed by atoms with van der Waals surface area (Å²) in [5.74, 6) is -0.00876. The Labute approximate surface area is 101 Å². The van der Waals surface area contributed by atoms with E-state index in [-0.39, 0.29) is 11.8 Å². The Bertz CT molecular complexity index is 168. The molecule has 0 aliphatic carbocycles. The average molecular weight is 227 g/mol. The molecule has 0 heterocycles. The number of carbonyl (C=O) groups excluding carboxylic acids is 1. The Kier molecular flexibility index (Phi) is 10.6. The van der Waals surface area contributed by atoms with Gasteiger partial charge in [0.05, 0.1) is 0 Å². The molecule has 1 amide bonds. The Morgan fingerprint density at radius 1 is 0.938 bits per heavy atom. The summed E-state index contributed by atoms with van der Waals surface area (Å²) in [6.07, 6.45) is 12.4. The highest BCUT2D eigenvalue weighted by atomic mass is 16.1. The van der Waals surface area contributed by atoms with Crippen molar-refractivity contribution in [3.8, 4) is 0 Å². The van der Waals surface area contributed by atoms with Crippen LogP contribution in [0, 0.1) is 5.92 Å². The van der Waals surface area contributed by atoms with Gasteiger partial charge in [0.15, 0.2) is 0 Å². The largest absolute Gasteiger partial charge is 0.369 e. The zero-order chi connectivity index (χ0) is 12.2. The quantitative estimate of drug-likeness (QED) is 0.532. The van der Waals surface area contributed by atoms with E-state index in [2.05, 4.69) is 6.92 Å². The van der Waals surface area contributed by atoms with E-state index in [9.17, 15) is 4.79 Å². The number of carbonyl (C=O) groups is 1. The number of hydrogen-bond acceptors (Lipinski definition) is 1. The number of rotatable bonds is 11. The highest BCUT2D eigenvalue weighted by Crippen LogP contribution is 2.15. The standard InChI is InChI=1S/C14H29NO/c1-3-5-6-7-8-9-10-11-12-13(4-2)14(15)16/h13H,3-12H2,1-2H3,(H2,15,16). The van der Waals surface area contributed by atoms with Crippen molar-refractivity contribution in [3.05, 3.63) is 0 Å². The fourth-order valence-electron chi connectivity index (χ4n) is 2.07. The summed E-state index contributed by atoms with van der Waals surface area (Å²) in [4.78, 5) is 11.0. The second kappa shape index (κ2) is 11.0. The Hall–Kier alpha value is -0.530. The first-order chi connectivity index (χ1) is 7.72. The van der Waals surface area contributed by atoms with Crippen LogP contribution in [0.5, 0.6) is 0 Å². The third-order valence-electron chi connectivity index (χ3n) is 3.30. The van der Waals surface area contributed by atoms with E-state index in [1.165, 1.54) is 44.9 Å². The SMILES string of the molecule is CCCCCCCCCCC(CC)C(N)=O. The third-order valence-corrected chi connectivity index (χ3v) is 3.30. The minimum atomic E-state index is -0.120. The Balaban J connectivity index is 3.22. The average Bonchev–Trinajstić information content (AvgIpc) is 2.26. The van der Waals surface area contributed by atoms with Gasteiger partial charge in [-0.1, -0.05) is 65.2 Å². The first-order valence-corrected chi connectivity index (χ1v) is 7.01. The van der Waals surface area contributed by atoms with Crippen molar-refractivity contribution < 1.29 is 4.79 Å². The maximum atomic E-state index is 11.0. The fourth-order valence-corrected chi connectivity index (χ4v) is 2.07. The summed E-state index contributed by atoms with van der Waals surface area (Å²) < 4.78 is 0. The minimum absolute atomic E-state index is 0.111. The molecule has 0 aliphatic heterocycles. The predicted octanol–water partition coefficient (Wildman–Crippen LogP) is 4.03. The molecule has 0 fully saturated rings. The van der Waals surface area contributed by atoms with E-state index in [1.54, 1.807) is 0 Å². The molecule has 0 aromatic heterocycles. The minimum Gasteiger partial charge on any atom is -0.369 e. The summed E-state index contributed by atoms with van der Waals surface area (Å²) in [7, 11) is 0. The van der Waals surface area contributed by atoms with Crippen LogP contribution in [0.3, 0.4) is 0 Å². The molecule has 2 heteroatoms. The van der Waals surface area contributed by atoms with E-state index >= 15 is 0 Å². The Morgan fingerprint density at radius 2 is 1.44 bits per heavy atom. The van der Waals surface area contributed by atoms with Crippen molar-refractivity contribution in [2.45, 2.75) is 78.1 Å². The number of unbranched alkanes of at least 4 members (excludes halogenated alkanes) is 7. The molecule has 2 N–H and O–H groups in total. The van der Waals surface area contributed by atoms with E-state index in [1.807, 2.05) is 6.92 Å². The lowest BCUT2D eigenvalue weighted by molar-refractivity contribution is -0.122. The number of amides is 1. The van der Waals surface area contributed by atoms with Crippen LogP contribution in [-0.2, 0) is 4.79 Å². The first kappa shape index (κ1) is 15.5. The van der Waals surface area contributed by atoms with E-state index in [0.29, 0.717) is 0 Å². The van der Waals surface area contributed by atoms with Crippen LogP contribution in [0.4, 0.5) is 0 Å². The van der Waals surface area contributed by atoms with Gasteiger partial charge < -0.3 is 5.73 Å². The molecule has 16 heavy (non-hydrogen) atoms. The lowest BCUT2D eigenvalue weighted by atomic mass is 9.97. The van der Waals surface area contributed by atoms with Crippen molar-refractivity contribution >= 4 is 5.91 Å². The highest BCUT2D eigenvalue weighted by Gasteiger charge is 2.11. The van der Waals surface area contributed by atoms with Gasteiger partial charge in [-0.25, -0.2) is 0 Å². The Morgan fingerprint density at radius 3 is 1.88 bits per heavy atom. The van der Waals surface area contributed by atoms with E-state index < -0.39 is 0 Å². The van der Waals surface area contributed by atoms with Gasteiger partial charge in [-0.05, 0) is 12.8 Å². The van der Waals surface area contributed by atoms with Crippen LogP contribution in [-0.4, -0.2) is 5.91 Å². The van der Waals surface area contributed by atoms with Gasteiger partial charge in [0.1, 0.15) is 0 Å². The van der Waals surface area contributed by atoms with Crippen LogP contribution in [0.15, 0.2) is 0 Å². The maximum Gasteiger partial charge on any atom is 0.220 e. The summed E-state index contributed by atoms with van der Waals surface area (Å²) >= 11 is 0. The van der Waals surface area contributed by atoms with Crippen molar-refractivity contribution in [1.82, 2.24) is 0 Å². The number of hydrogen-bond donors (Lipinski definition) is 1. The normalized spacial score (nSPS) is 12.6. The molecule has 0 saturated heterocycles. The van der Waals surface area contributed by atoms with Crippen LogP contribution >= 0.6 is 0 Å². The van der Waals surface area contributed by atoms with Gasteiger partial charge in [0.2, 0.25) is 5.91 Å². The fraction of sp³-hybridized carbons (Fsp3) is 0.929. The molecule has 0 aliphatic rings. The number of primary amides is 1. The van der Waals surface area contributed by atoms with E-state index in [4.69, 9.17) is 5.73 Å². The smallest absolute Gasteiger partial charge is 0.220 e. The predicted molar refractivity (Wildman–Crippen MR) is 70.2 cm³/mol. The number of nitrogens with two attached hydrogens (primary N) is 1. The molecule has 0 radical (unpaired) electrons. The molecule has 1 unspecified atom stereocenters. The maximum absolute atomic E-state index is 11.0. The van der Waals surface area contributed by atoms with Gasteiger partial charge in [-0.2, -0.15) is 0 Å². The van der Waals surface area contributed by atoms with Gasteiger partial charge in [0, 0.05) is 5.92 Å². The molecule has 2 nitrogen and oxygen atoms in total. The lowest BCUT2D eigenvalue weighted by Crippen LogP contribution is -2.22. The summed E-state index contributed by atoms with van der Waals surface area (Å²) in [6.45, 7) is 4.29. The molecular formula is C14H29NO. The van der Waals surface area contributed by atoms with Gasteiger partial charge in [-0.3, -0.25) is 4.79 Å². The van der Waals surface area contributed by atoms with Crippen LogP contribution < -0.4 is 5.73 Å². The molecular weight excluding hydrogens is 198 g/mol. The molecule has 0 bridgehead atoms. The molecule has 0 aromatic carbocycles. The lowest BCUT2D eigenvalue weighted by Gasteiger charge is -2.09.